The van der Waals surface area contributed by atoms with Crippen LogP contribution in [0.1, 0.15) is 12.5 Å². The highest BCUT2D eigenvalue weighted by molar-refractivity contribution is 6.31. The highest BCUT2D eigenvalue weighted by atomic mass is 35.5. The molecule has 0 unspecified atom stereocenters. The van der Waals surface area contributed by atoms with Gasteiger partial charge in [0.2, 0.25) is 11.2 Å². The number of ether oxygens (including phenoxy) is 2. The molecule has 4 aromatic rings. The summed E-state index contributed by atoms with van der Waals surface area (Å²) in [5.41, 5.74) is 0.944. The van der Waals surface area contributed by atoms with Crippen LogP contribution in [0.2, 0.25) is 5.02 Å². The number of rotatable bonds is 6. The molecule has 0 aliphatic rings. The molecule has 0 saturated carbocycles. The fraction of sp³-hybridized carbons (Fsp3) is 0.125. The molecule has 0 spiro atoms. The molecule has 1 N–H and O–H groups in total. The van der Waals surface area contributed by atoms with E-state index in [1.165, 1.54) is 24.3 Å². The molecule has 0 saturated heterocycles. The molecule has 0 atom stereocenters. The number of halogens is 2. The van der Waals surface area contributed by atoms with Gasteiger partial charge in [0.05, 0.1) is 12.0 Å². The molecule has 3 aromatic carbocycles. The lowest BCUT2D eigenvalue weighted by molar-refractivity contribution is 0.269. The highest BCUT2D eigenvalue weighted by Gasteiger charge is 2.18. The maximum absolute atomic E-state index is 13.1. The van der Waals surface area contributed by atoms with Gasteiger partial charge in [-0.15, -0.1) is 0 Å². The minimum absolute atomic E-state index is 0.00537. The van der Waals surface area contributed by atoms with Crippen molar-refractivity contribution in [2.45, 2.75) is 13.5 Å². The van der Waals surface area contributed by atoms with Crippen molar-refractivity contribution in [1.82, 2.24) is 0 Å². The van der Waals surface area contributed by atoms with Crippen LogP contribution in [0.25, 0.3) is 22.3 Å². The smallest absolute Gasteiger partial charge is 0.235 e. The fourth-order valence-electron chi connectivity index (χ4n) is 3.13. The van der Waals surface area contributed by atoms with Crippen LogP contribution in [-0.2, 0) is 6.61 Å². The summed E-state index contributed by atoms with van der Waals surface area (Å²) in [5, 5.41) is 11.1. The van der Waals surface area contributed by atoms with E-state index in [4.69, 9.17) is 25.5 Å². The Kier molecular flexibility index (Phi) is 5.82. The lowest BCUT2D eigenvalue weighted by atomic mass is 10.1. The lowest BCUT2D eigenvalue weighted by Gasteiger charge is -2.14. The number of hydrogen-bond donors (Lipinski definition) is 1. The summed E-state index contributed by atoms with van der Waals surface area (Å²) in [5.74, 6) is 0.0556. The molecular weight excluding hydrogens is 423 g/mol. The van der Waals surface area contributed by atoms with E-state index in [-0.39, 0.29) is 29.2 Å². The standard InChI is InChI=1S/C24H18ClFO5/c1-2-29-21-11-15(5-10-19(21)30-13-14-3-7-17(26)8-4-14)24-23(28)22(27)18-9-6-16(25)12-20(18)31-24/h3-12,28H,2,13H2,1H3. The van der Waals surface area contributed by atoms with Crippen LogP contribution in [0.4, 0.5) is 4.39 Å². The second kappa shape index (κ2) is 8.70. The predicted molar refractivity (Wildman–Crippen MR) is 116 cm³/mol. The van der Waals surface area contributed by atoms with Gasteiger partial charge in [0.25, 0.3) is 0 Å². The third-order valence-corrected chi connectivity index (χ3v) is 4.88. The zero-order valence-electron chi connectivity index (χ0n) is 16.5. The molecule has 4 rings (SSSR count). The van der Waals surface area contributed by atoms with Gasteiger partial charge < -0.3 is 19.0 Å². The Bertz CT molecular complexity index is 1300. The summed E-state index contributed by atoms with van der Waals surface area (Å²) in [6, 6.07) is 15.5. The third-order valence-electron chi connectivity index (χ3n) is 4.64. The normalized spacial score (nSPS) is 10.9. The molecule has 7 heteroatoms. The van der Waals surface area contributed by atoms with Gasteiger partial charge in [-0.25, -0.2) is 4.39 Å². The molecule has 0 aliphatic carbocycles. The lowest BCUT2D eigenvalue weighted by Crippen LogP contribution is -2.03. The Morgan fingerprint density at radius 1 is 1.00 bits per heavy atom. The molecular formula is C24H18ClFO5. The van der Waals surface area contributed by atoms with Crippen LogP contribution in [0, 0.1) is 5.82 Å². The quantitative estimate of drug-likeness (QED) is 0.402. The first-order valence-electron chi connectivity index (χ1n) is 9.56. The average molecular weight is 441 g/mol. The summed E-state index contributed by atoms with van der Waals surface area (Å²) >= 11 is 6.01. The van der Waals surface area contributed by atoms with Crippen molar-refractivity contribution in [1.29, 1.82) is 0 Å². The third kappa shape index (κ3) is 4.34. The molecule has 1 heterocycles. The molecule has 0 aliphatic heterocycles. The van der Waals surface area contributed by atoms with Gasteiger partial charge in [-0.1, -0.05) is 23.7 Å². The van der Waals surface area contributed by atoms with E-state index in [2.05, 4.69) is 0 Å². The van der Waals surface area contributed by atoms with Crippen molar-refractivity contribution < 1.29 is 23.4 Å². The molecule has 1 aromatic heterocycles. The van der Waals surface area contributed by atoms with E-state index in [9.17, 15) is 14.3 Å². The highest BCUT2D eigenvalue weighted by Crippen LogP contribution is 2.37. The van der Waals surface area contributed by atoms with Crippen molar-refractivity contribution in [3.63, 3.8) is 0 Å². The van der Waals surface area contributed by atoms with E-state index in [0.717, 1.165) is 5.56 Å². The van der Waals surface area contributed by atoms with Crippen LogP contribution >= 0.6 is 11.6 Å². The fourth-order valence-corrected chi connectivity index (χ4v) is 3.29. The zero-order chi connectivity index (χ0) is 22.0. The Labute approximate surface area is 182 Å². The summed E-state index contributed by atoms with van der Waals surface area (Å²) in [7, 11) is 0. The van der Waals surface area contributed by atoms with Gasteiger partial charge in [-0.2, -0.15) is 0 Å². The summed E-state index contributed by atoms with van der Waals surface area (Å²) in [6.45, 7) is 2.42. The Morgan fingerprint density at radius 3 is 2.52 bits per heavy atom. The van der Waals surface area contributed by atoms with Crippen LogP contribution in [0.5, 0.6) is 17.2 Å². The summed E-state index contributed by atoms with van der Waals surface area (Å²) < 4.78 is 30.4. The largest absolute Gasteiger partial charge is 0.502 e. The maximum atomic E-state index is 13.1. The number of hydrogen-bond acceptors (Lipinski definition) is 5. The van der Waals surface area contributed by atoms with Gasteiger partial charge in [0.1, 0.15) is 18.0 Å². The molecule has 0 radical (unpaired) electrons. The average Bonchev–Trinajstić information content (AvgIpc) is 2.76. The van der Waals surface area contributed by atoms with Crippen LogP contribution in [0.3, 0.4) is 0 Å². The van der Waals surface area contributed by atoms with E-state index in [1.54, 1.807) is 36.4 Å². The van der Waals surface area contributed by atoms with Crippen LogP contribution in [0.15, 0.2) is 69.9 Å². The minimum atomic E-state index is -0.553. The van der Waals surface area contributed by atoms with Crippen LogP contribution < -0.4 is 14.9 Å². The van der Waals surface area contributed by atoms with Crippen molar-refractivity contribution in [2.24, 2.45) is 0 Å². The van der Waals surface area contributed by atoms with Gasteiger partial charge in [0.15, 0.2) is 17.3 Å². The Hall–Kier alpha value is -3.51. The second-order valence-electron chi connectivity index (χ2n) is 6.76. The first-order chi connectivity index (χ1) is 15.0. The molecule has 0 amide bonds. The van der Waals surface area contributed by atoms with Gasteiger partial charge in [-0.3, -0.25) is 4.79 Å². The van der Waals surface area contributed by atoms with E-state index in [1.807, 2.05) is 6.92 Å². The van der Waals surface area contributed by atoms with E-state index >= 15 is 0 Å². The van der Waals surface area contributed by atoms with Gasteiger partial charge in [-0.05, 0) is 55.0 Å². The number of aromatic hydroxyl groups is 1. The van der Waals surface area contributed by atoms with E-state index < -0.39 is 11.2 Å². The predicted octanol–water partition coefficient (Wildman–Crippen LogP) is 5.94. The molecule has 5 nitrogen and oxygen atoms in total. The molecule has 0 fully saturated rings. The van der Waals surface area contributed by atoms with Crippen molar-refractivity contribution in [3.05, 3.63) is 87.3 Å². The van der Waals surface area contributed by atoms with Crippen LogP contribution in [-0.4, -0.2) is 11.7 Å². The van der Waals surface area contributed by atoms with Crippen molar-refractivity contribution in [3.8, 4) is 28.6 Å². The van der Waals surface area contributed by atoms with Gasteiger partial charge >= 0.3 is 0 Å². The topological polar surface area (TPSA) is 68.9 Å². The number of benzene rings is 3. The first-order valence-corrected chi connectivity index (χ1v) is 9.94. The first kappa shape index (κ1) is 20.8. The zero-order valence-corrected chi connectivity index (χ0v) is 17.3. The SMILES string of the molecule is CCOc1cc(-c2oc3cc(Cl)ccc3c(=O)c2O)ccc1OCc1ccc(F)cc1. The van der Waals surface area contributed by atoms with Gasteiger partial charge in [0, 0.05) is 16.7 Å². The monoisotopic (exact) mass is 440 g/mol. The molecule has 158 valence electrons. The summed E-state index contributed by atoms with van der Waals surface area (Å²) in [6.07, 6.45) is 0. The van der Waals surface area contributed by atoms with Crippen molar-refractivity contribution in [2.75, 3.05) is 6.61 Å². The van der Waals surface area contributed by atoms with E-state index in [0.29, 0.717) is 28.7 Å². The number of fused-ring (bicyclic) bond motifs is 1. The molecule has 31 heavy (non-hydrogen) atoms. The second-order valence-corrected chi connectivity index (χ2v) is 7.20. The Morgan fingerprint density at radius 2 is 1.77 bits per heavy atom. The summed E-state index contributed by atoms with van der Waals surface area (Å²) in [4.78, 5) is 12.6. The minimum Gasteiger partial charge on any atom is -0.502 e. The van der Waals surface area contributed by atoms with Crippen molar-refractivity contribution >= 4 is 22.6 Å². The Balaban J connectivity index is 1.71. The molecule has 0 bridgehead atoms. The maximum Gasteiger partial charge on any atom is 0.235 e.